The molecule has 192 valence electrons. The number of aliphatic imine (C=N–C) groups is 1. The molecule has 1 heterocycles. The van der Waals surface area contributed by atoms with Crippen molar-refractivity contribution in [1.29, 1.82) is 0 Å². The van der Waals surface area contributed by atoms with Gasteiger partial charge in [0.25, 0.3) is 5.91 Å². The first-order valence-electron chi connectivity index (χ1n) is 11.0. The molecule has 0 aliphatic carbocycles. The van der Waals surface area contributed by atoms with Gasteiger partial charge in [0.05, 0.1) is 17.9 Å². The number of ether oxygens (including phenoxy) is 1. The van der Waals surface area contributed by atoms with E-state index in [1.807, 2.05) is 0 Å². The number of anilines is 1. The minimum atomic E-state index is -4.85. The number of amides is 2. The number of hydrogen-bond donors (Lipinski definition) is 1. The van der Waals surface area contributed by atoms with Crippen molar-refractivity contribution in [3.63, 3.8) is 0 Å². The molecule has 1 aliphatic heterocycles. The largest absolute Gasteiger partial charge is 0.573 e. The molecule has 7 nitrogen and oxygen atoms in total. The molecule has 1 atom stereocenters. The van der Waals surface area contributed by atoms with Gasteiger partial charge in [0.2, 0.25) is 6.17 Å². The Labute approximate surface area is 209 Å². The minimum absolute atomic E-state index is 0.0147. The fourth-order valence-electron chi connectivity index (χ4n) is 3.98. The SMILES string of the molecule is CN1C(=O)C(N(Cc2ccccc2)C(=O)O)N=C(Cc2ccc(OC(F)(F)F)cc2)c2cc(F)ccc21. The van der Waals surface area contributed by atoms with Gasteiger partial charge in [0.1, 0.15) is 11.6 Å². The highest BCUT2D eigenvalue weighted by molar-refractivity contribution is 6.13. The summed E-state index contributed by atoms with van der Waals surface area (Å²) in [6, 6.07) is 17.4. The van der Waals surface area contributed by atoms with E-state index in [4.69, 9.17) is 0 Å². The smallest absolute Gasteiger partial charge is 0.465 e. The number of halogens is 4. The summed E-state index contributed by atoms with van der Waals surface area (Å²) >= 11 is 0. The van der Waals surface area contributed by atoms with E-state index in [1.54, 1.807) is 30.3 Å². The fourth-order valence-corrected chi connectivity index (χ4v) is 3.98. The van der Waals surface area contributed by atoms with Crippen molar-refractivity contribution < 1.29 is 37.0 Å². The summed E-state index contributed by atoms with van der Waals surface area (Å²) in [5.74, 6) is -1.66. The summed E-state index contributed by atoms with van der Waals surface area (Å²) in [5.41, 5.74) is 1.89. The highest BCUT2D eigenvalue weighted by atomic mass is 19.4. The van der Waals surface area contributed by atoms with Gasteiger partial charge in [-0.05, 0) is 41.5 Å². The van der Waals surface area contributed by atoms with Crippen molar-refractivity contribution in [2.75, 3.05) is 11.9 Å². The van der Waals surface area contributed by atoms with Crippen LogP contribution in [0.25, 0.3) is 0 Å². The number of carbonyl (C=O) groups excluding carboxylic acids is 1. The first kappa shape index (κ1) is 25.7. The second-order valence-electron chi connectivity index (χ2n) is 8.27. The lowest BCUT2D eigenvalue weighted by molar-refractivity contribution is -0.274. The van der Waals surface area contributed by atoms with Crippen LogP contribution in [0.15, 0.2) is 77.8 Å². The van der Waals surface area contributed by atoms with Crippen molar-refractivity contribution in [2.24, 2.45) is 4.99 Å². The van der Waals surface area contributed by atoms with Gasteiger partial charge in [-0.15, -0.1) is 13.2 Å². The minimum Gasteiger partial charge on any atom is -0.465 e. The van der Waals surface area contributed by atoms with Gasteiger partial charge in [0.15, 0.2) is 0 Å². The Morgan fingerprint density at radius 1 is 1.05 bits per heavy atom. The van der Waals surface area contributed by atoms with E-state index in [9.17, 15) is 32.3 Å². The number of fused-ring (bicyclic) bond motifs is 1. The zero-order valence-corrected chi connectivity index (χ0v) is 19.4. The lowest BCUT2D eigenvalue weighted by Gasteiger charge is -2.28. The highest BCUT2D eigenvalue weighted by Gasteiger charge is 2.36. The number of carbonyl (C=O) groups is 2. The second-order valence-corrected chi connectivity index (χ2v) is 8.27. The summed E-state index contributed by atoms with van der Waals surface area (Å²) in [7, 11) is 1.44. The summed E-state index contributed by atoms with van der Waals surface area (Å²) in [6.07, 6.45) is -7.73. The monoisotopic (exact) mass is 515 g/mol. The van der Waals surface area contributed by atoms with E-state index >= 15 is 0 Å². The summed E-state index contributed by atoms with van der Waals surface area (Å²) in [4.78, 5) is 32.2. The van der Waals surface area contributed by atoms with E-state index in [-0.39, 0.29) is 24.2 Å². The average molecular weight is 515 g/mol. The molecule has 3 aromatic carbocycles. The number of benzene rings is 3. The number of hydrogen-bond acceptors (Lipinski definition) is 4. The molecule has 3 aromatic rings. The van der Waals surface area contributed by atoms with Gasteiger partial charge < -0.3 is 14.7 Å². The molecule has 0 radical (unpaired) electrons. The normalized spacial score (nSPS) is 15.5. The maximum Gasteiger partial charge on any atom is 0.573 e. The van der Waals surface area contributed by atoms with Crippen LogP contribution in [0.4, 0.5) is 28.0 Å². The topological polar surface area (TPSA) is 82.4 Å². The molecule has 11 heteroatoms. The molecule has 4 rings (SSSR count). The standard InChI is InChI=1S/C26H21F4N3O4/c1-32-22-12-9-18(27)14-20(22)21(13-16-7-10-19(11-8-16)37-26(28,29)30)31-23(24(32)34)33(25(35)36)15-17-5-3-2-4-6-17/h2-12,14,23H,13,15H2,1H3,(H,35,36). The van der Waals surface area contributed by atoms with Crippen LogP contribution in [0, 0.1) is 5.82 Å². The van der Waals surface area contributed by atoms with Crippen LogP contribution < -0.4 is 9.64 Å². The van der Waals surface area contributed by atoms with Crippen LogP contribution in [-0.2, 0) is 17.8 Å². The molecule has 0 saturated carbocycles. The maximum atomic E-state index is 14.3. The number of carboxylic acid groups (broad SMARTS) is 1. The van der Waals surface area contributed by atoms with Gasteiger partial charge >= 0.3 is 12.5 Å². The molecular formula is C26H21F4N3O4. The first-order chi connectivity index (χ1) is 17.5. The van der Waals surface area contributed by atoms with Gasteiger partial charge in [-0.2, -0.15) is 0 Å². The lowest BCUT2D eigenvalue weighted by atomic mass is 10.00. The zero-order valence-electron chi connectivity index (χ0n) is 19.4. The first-order valence-corrected chi connectivity index (χ1v) is 11.0. The number of nitrogens with zero attached hydrogens (tertiary/aromatic N) is 3. The predicted molar refractivity (Wildman–Crippen MR) is 127 cm³/mol. The molecular weight excluding hydrogens is 494 g/mol. The third-order valence-electron chi connectivity index (χ3n) is 5.73. The number of likely N-dealkylation sites (N-methyl/N-ethyl adjacent to an activating group) is 1. The molecule has 2 amide bonds. The molecule has 0 aromatic heterocycles. The molecule has 0 spiro atoms. The maximum absolute atomic E-state index is 14.3. The summed E-state index contributed by atoms with van der Waals surface area (Å²) < 4.78 is 55.7. The van der Waals surface area contributed by atoms with E-state index in [1.165, 1.54) is 42.3 Å². The molecule has 0 fully saturated rings. The molecule has 0 bridgehead atoms. The number of rotatable bonds is 6. The zero-order chi connectivity index (χ0) is 26.7. The van der Waals surface area contributed by atoms with E-state index in [2.05, 4.69) is 9.73 Å². The number of alkyl halides is 3. The van der Waals surface area contributed by atoms with Crippen LogP contribution in [-0.4, -0.2) is 47.3 Å². The molecule has 1 unspecified atom stereocenters. The molecule has 0 saturated heterocycles. The molecule has 1 aliphatic rings. The Hall–Kier alpha value is -4.41. The summed E-state index contributed by atoms with van der Waals surface area (Å²) in [5, 5.41) is 9.96. The highest BCUT2D eigenvalue weighted by Crippen LogP contribution is 2.29. The Morgan fingerprint density at radius 3 is 2.35 bits per heavy atom. The van der Waals surface area contributed by atoms with Crippen molar-refractivity contribution in [3.8, 4) is 5.75 Å². The Balaban J connectivity index is 1.75. The Morgan fingerprint density at radius 2 is 1.73 bits per heavy atom. The molecule has 1 N–H and O–H groups in total. The average Bonchev–Trinajstić information content (AvgIpc) is 2.94. The van der Waals surface area contributed by atoms with E-state index in [0.717, 1.165) is 17.0 Å². The van der Waals surface area contributed by atoms with Gasteiger partial charge in [-0.25, -0.2) is 9.18 Å². The second kappa shape index (κ2) is 10.3. The summed E-state index contributed by atoms with van der Waals surface area (Å²) in [6.45, 7) is -0.134. The van der Waals surface area contributed by atoms with Crippen LogP contribution in [0.3, 0.4) is 0 Å². The Kier molecular flexibility index (Phi) is 7.14. The van der Waals surface area contributed by atoms with Crippen molar-refractivity contribution in [2.45, 2.75) is 25.5 Å². The fraction of sp³-hybridized carbons (Fsp3) is 0.192. The van der Waals surface area contributed by atoms with E-state index in [0.29, 0.717) is 16.8 Å². The van der Waals surface area contributed by atoms with Gasteiger partial charge in [-0.3, -0.25) is 14.7 Å². The van der Waals surface area contributed by atoms with E-state index < -0.39 is 36.1 Å². The third-order valence-corrected chi connectivity index (χ3v) is 5.73. The van der Waals surface area contributed by atoms with Gasteiger partial charge in [-0.1, -0.05) is 42.5 Å². The van der Waals surface area contributed by atoms with Crippen molar-refractivity contribution >= 4 is 23.4 Å². The van der Waals surface area contributed by atoms with Crippen molar-refractivity contribution in [1.82, 2.24) is 4.90 Å². The lowest BCUT2D eigenvalue weighted by Crippen LogP contribution is -2.48. The Bertz CT molecular complexity index is 1330. The number of benzodiazepines with no additional fused rings is 1. The van der Waals surface area contributed by atoms with Crippen LogP contribution >= 0.6 is 0 Å². The van der Waals surface area contributed by atoms with Crippen LogP contribution in [0.5, 0.6) is 5.75 Å². The van der Waals surface area contributed by atoms with Crippen LogP contribution in [0.1, 0.15) is 16.7 Å². The van der Waals surface area contributed by atoms with Gasteiger partial charge in [0, 0.05) is 19.0 Å². The molecule has 37 heavy (non-hydrogen) atoms. The third kappa shape index (κ3) is 6.05. The predicted octanol–water partition coefficient (Wildman–Crippen LogP) is 5.24. The van der Waals surface area contributed by atoms with Crippen molar-refractivity contribution in [3.05, 3.63) is 95.3 Å². The quantitative estimate of drug-likeness (QED) is 0.456. The van der Waals surface area contributed by atoms with Crippen LogP contribution in [0.2, 0.25) is 0 Å².